The summed E-state index contributed by atoms with van der Waals surface area (Å²) in [7, 11) is 0. The minimum atomic E-state index is -1.63. The number of ether oxygens (including phenoxy) is 2. The summed E-state index contributed by atoms with van der Waals surface area (Å²) in [5, 5.41) is 36.8. The second kappa shape index (κ2) is 11.5. The zero-order valence-corrected chi connectivity index (χ0v) is 19.6. The van der Waals surface area contributed by atoms with E-state index in [1.165, 1.54) is 12.1 Å². The van der Waals surface area contributed by atoms with Crippen LogP contribution in [0, 0.1) is 0 Å². The van der Waals surface area contributed by atoms with Gasteiger partial charge in [0.15, 0.2) is 0 Å². The molecule has 0 bridgehead atoms. The molecule has 0 radical (unpaired) electrons. The number of hydrogen-bond acceptors (Lipinski definition) is 10. The summed E-state index contributed by atoms with van der Waals surface area (Å²) < 4.78 is 9.30. The van der Waals surface area contributed by atoms with E-state index in [1.54, 1.807) is 0 Å². The Bertz CT molecular complexity index is 1510. The Kier molecular flexibility index (Phi) is 8.14. The number of carbonyl (C=O) groups excluding carboxylic acids is 4. The SMILES string of the molecule is O=C(O)c1ccc(C(=O)O)c(C(=O)OC(=O)c2ccccc2C(=O)OC(=O)c2cc(C(=O)O)ccc2C(=O)O)c1. The van der Waals surface area contributed by atoms with Gasteiger partial charge in [-0.05, 0) is 48.5 Å². The summed E-state index contributed by atoms with van der Waals surface area (Å²) in [6.45, 7) is 0. The highest BCUT2D eigenvalue weighted by Gasteiger charge is 2.28. The molecule has 202 valence electrons. The fraction of sp³-hybridized carbons (Fsp3) is 0. The molecular weight excluding hydrogens is 536 g/mol. The topological polar surface area (TPSA) is 236 Å². The summed E-state index contributed by atoms with van der Waals surface area (Å²) in [5.41, 5.74) is -5.18. The van der Waals surface area contributed by atoms with E-state index >= 15 is 0 Å². The number of benzene rings is 3. The molecule has 0 saturated heterocycles. The highest BCUT2D eigenvalue weighted by Crippen LogP contribution is 2.19. The zero-order chi connectivity index (χ0) is 29.7. The Labute approximate surface area is 221 Å². The van der Waals surface area contributed by atoms with Crippen LogP contribution in [0.2, 0.25) is 0 Å². The van der Waals surface area contributed by atoms with Crippen molar-refractivity contribution in [1.29, 1.82) is 0 Å². The average molecular weight is 550 g/mol. The lowest BCUT2D eigenvalue weighted by molar-refractivity contribution is 0.0354. The van der Waals surface area contributed by atoms with Gasteiger partial charge in [-0.1, -0.05) is 12.1 Å². The van der Waals surface area contributed by atoms with Crippen molar-refractivity contribution in [1.82, 2.24) is 0 Å². The molecule has 0 heterocycles. The third-order valence-electron chi connectivity index (χ3n) is 5.17. The van der Waals surface area contributed by atoms with Crippen molar-refractivity contribution in [3.63, 3.8) is 0 Å². The minimum Gasteiger partial charge on any atom is -0.478 e. The van der Waals surface area contributed by atoms with Gasteiger partial charge in [0.1, 0.15) is 0 Å². The van der Waals surface area contributed by atoms with Crippen LogP contribution in [-0.2, 0) is 9.47 Å². The van der Waals surface area contributed by atoms with E-state index in [2.05, 4.69) is 9.47 Å². The molecule has 0 spiro atoms. The van der Waals surface area contributed by atoms with Gasteiger partial charge in [0.2, 0.25) is 0 Å². The maximum absolute atomic E-state index is 12.7. The molecule has 0 aromatic heterocycles. The van der Waals surface area contributed by atoms with Crippen LogP contribution in [-0.4, -0.2) is 68.2 Å². The van der Waals surface area contributed by atoms with Crippen molar-refractivity contribution >= 4 is 47.8 Å². The monoisotopic (exact) mass is 550 g/mol. The van der Waals surface area contributed by atoms with Gasteiger partial charge in [0, 0.05) is 0 Å². The van der Waals surface area contributed by atoms with E-state index < -0.39 is 92.3 Å². The number of aromatic carboxylic acids is 4. The van der Waals surface area contributed by atoms with Gasteiger partial charge in [-0.2, -0.15) is 0 Å². The molecule has 4 N–H and O–H groups in total. The van der Waals surface area contributed by atoms with Crippen molar-refractivity contribution in [3.05, 3.63) is 105 Å². The molecule has 14 heteroatoms. The smallest absolute Gasteiger partial charge is 0.346 e. The molecule has 0 fully saturated rings. The van der Waals surface area contributed by atoms with Crippen LogP contribution in [0.3, 0.4) is 0 Å². The van der Waals surface area contributed by atoms with E-state index in [9.17, 15) is 48.6 Å². The fourth-order valence-corrected chi connectivity index (χ4v) is 3.29. The highest BCUT2D eigenvalue weighted by molar-refractivity contribution is 6.14. The Morgan fingerprint density at radius 3 is 1.02 bits per heavy atom. The molecule has 0 unspecified atom stereocenters. The van der Waals surface area contributed by atoms with Gasteiger partial charge < -0.3 is 29.9 Å². The normalized spacial score (nSPS) is 10.2. The summed E-state index contributed by atoms with van der Waals surface area (Å²) in [4.78, 5) is 96.0. The second-order valence-corrected chi connectivity index (χ2v) is 7.64. The number of carbonyl (C=O) groups is 8. The Hall–Kier alpha value is -6.18. The first-order chi connectivity index (χ1) is 18.8. The van der Waals surface area contributed by atoms with Crippen molar-refractivity contribution in [2.75, 3.05) is 0 Å². The summed E-state index contributed by atoms with van der Waals surface area (Å²) in [6, 6.07) is 9.22. The van der Waals surface area contributed by atoms with Crippen LogP contribution < -0.4 is 0 Å². The van der Waals surface area contributed by atoms with Crippen molar-refractivity contribution in [2.24, 2.45) is 0 Å². The number of hydrogen-bond donors (Lipinski definition) is 4. The van der Waals surface area contributed by atoms with Crippen molar-refractivity contribution in [2.45, 2.75) is 0 Å². The van der Waals surface area contributed by atoms with E-state index in [0.717, 1.165) is 36.4 Å². The van der Waals surface area contributed by atoms with Gasteiger partial charge in [0.05, 0.1) is 44.5 Å². The third-order valence-corrected chi connectivity index (χ3v) is 5.17. The molecule has 3 aromatic rings. The van der Waals surface area contributed by atoms with Gasteiger partial charge in [-0.3, -0.25) is 0 Å². The maximum atomic E-state index is 12.7. The summed E-state index contributed by atoms with van der Waals surface area (Å²) >= 11 is 0. The Morgan fingerprint density at radius 1 is 0.400 bits per heavy atom. The van der Waals surface area contributed by atoms with Crippen LogP contribution in [0.5, 0.6) is 0 Å². The lowest BCUT2D eigenvalue weighted by Gasteiger charge is -2.10. The molecule has 0 aliphatic rings. The quantitative estimate of drug-likeness (QED) is 0.233. The molecular formula is C26H14O14. The van der Waals surface area contributed by atoms with Crippen LogP contribution in [0.1, 0.15) is 82.9 Å². The maximum Gasteiger partial charge on any atom is 0.346 e. The van der Waals surface area contributed by atoms with Crippen LogP contribution in [0.15, 0.2) is 60.7 Å². The molecule has 3 aromatic carbocycles. The standard InChI is InChI=1S/C26H14O14/c27-19(28)11-5-7-13(21(31)32)17(9-11)25(37)39-23(35)15-3-1-2-4-16(15)24(36)40-26(38)18-10-12(20(29)30)6-8-14(18)22(33)34/h1-10H,(H,27,28)(H,29,30)(H,31,32)(H,33,34). The average Bonchev–Trinajstić information content (AvgIpc) is 2.91. The van der Waals surface area contributed by atoms with E-state index in [0.29, 0.717) is 12.1 Å². The largest absolute Gasteiger partial charge is 0.478 e. The minimum absolute atomic E-state index is 0.486. The molecule has 0 aliphatic heterocycles. The number of esters is 4. The van der Waals surface area contributed by atoms with Gasteiger partial charge >= 0.3 is 47.8 Å². The molecule has 0 amide bonds. The van der Waals surface area contributed by atoms with Crippen LogP contribution >= 0.6 is 0 Å². The second-order valence-electron chi connectivity index (χ2n) is 7.64. The first-order valence-electron chi connectivity index (χ1n) is 10.6. The van der Waals surface area contributed by atoms with Crippen molar-refractivity contribution in [3.8, 4) is 0 Å². The first kappa shape index (κ1) is 28.4. The van der Waals surface area contributed by atoms with Crippen LogP contribution in [0.4, 0.5) is 0 Å². The molecule has 3 rings (SSSR count). The third kappa shape index (κ3) is 6.03. The predicted molar refractivity (Wildman–Crippen MR) is 127 cm³/mol. The summed E-state index contributed by atoms with van der Waals surface area (Å²) in [5.74, 6) is -12.4. The number of rotatable bonds is 8. The molecule has 0 aliphatic carbocycles. The predicted octanol–water partition coefficient (Wildman–Crippen LogP) is 2.47. The van der Waals surface area contributed by atoms with Gasteiger partial charge in [-0.15, -0.1) is 0 Å². The van der Waals surface area contributed by atoms with Gasteiger partial charge in [0.25, 0.3) is 0 Å². The number of carboxylic acids is 4. The molecule has 0 atom stereocenters. The van der Waals surface area contributed by atoms with Crippen molar-refractivity contribution < 1.29 is 68.3 Å². The number of carboxylic acid groups (broad SMARTS) is 4. The zero-order valence-electron chi connectivity index (χ0n) is 19.6. The van der Waals surface area contributed by atoms with E-state index in [1.807, 2.05) is 0 Å². The highest BCUT2D eigenvalue weighted by atomic mass is 16.6. The van der Waals surface area contributed by atoms with Gasteiger partial charge in [-0.25, -0.2) is 38.4 Å². The van der Waals surface area contributed by atoms with E-state index in [4.69, 9.17) is 10.2 Å². The summed E-state index contributed by atoms with van der Waals surface area (Å²) in [6.07, 6.45) is 0. The van der Waals surface area contributed by atoms with Crippen LogP contribution in [0.25, 0.3) is 0 Å². The Balaban J connectivity index is 1.90. The lowest BCUT2D eigenvalue weighted by Crippen LogP contribution is -2.21. The lowest BCUT2D eigenvalue weighted by atomic mass is 10.0. The molecule has 40 heavy (non-hydrogen) atoms. The first-order valence-corrected chi connectivity index (χ1v) is 10.6. The molecule has 14 nitrogen and oxygen atoms in total. The fourth-order valence-electron chi connectivity index (χ4n) is 3.29. The Morgan fingerprint density at radius 2 is 0.725 bits per heavy atom. The molecule has 0 saturated carbocycles. The van der Waals surface area contributed by atoms with E-state index in [-0.39, 0.29) is 0 Å².